The Bertz CT molecular complexity index is 1340. The van der Waals surface area contributed by atoms with Gasteiger partial charge in [-0.05, 0) is 35.6 Å². The van der Waals surface area contributed by atoms with E-state index in [-0.39, 0.29) is 11.1 Å². The Hall–Kier alpha value is -3.10. The number of benzene rings is 1. The average Bonchev–Trinajstić information content (AvgIpc) is 3.38. The third kappa shape index (κ3) is 2.87. The van der Waals surface area contributed by atoms with E-state index in [4.69, 9.17) is 11.6 Å². The minimum Gasteiger partial charge on any atom is -0.297 e. The molecule has 0 fully saturated rings. The van der Waals surface area contributed by atoms with Gasteiger partial charge in [-0.25, -0.2) is 4.98 Å². The Kier molecular flexibility index (Phi) is 4.14. The molecule has 0 saturated heterocycles. The number of aromatic nitrogens is 6. The van der Waals surface area contributed by atoms with Crippen LogP contribution in [0.25, 0.3) is 27.9 Å². The summed E-state index contributed by atoms with van der Waals surface area (Å²) in [4.78, 5) is 18.5. The highest BCUT2D eigenvalue weighted by Gasteiger charge is 2.15. The van der Waals surface area contributed by atoms with Crippen LogP contribution in [0.4, 0.5) is 0 Å². The smallest absolute Gasteiger partial charge is 0.283 e. The largest absolute Gasteiger partial charge is 0.297 e. The molecule has 0 radical (unpaired) electrons. The van der Waals surface area contributed by atoms with Gasteiger partial charge in [0, 0.05) is 22.0 Å². The van der Waals surface area contributed by atoms with Crippen molar-refractivity contribution in [3.05, 3.63) is 74.6 Å². The standard InChI is InChI=1S/C19H13ClN6OS/c20-13-5-3-12(4-6-13)15-10-22-26-17(15)24-23-16-18(26)21-11-25(19(16)27)8-7-14-2-1-9-28-14/h1-6,9-11H,7-8H2. The molecule has 138 valence electrons. The summed E-state index contributed by atoms with van der Waals surface area (Å²) in [5.74, 6) is 0. The summed E-state index contributed by atoms with van der Waals surface area (Å²) in [6, 6.07) is 11.4. The van der Waals surface area contributed by atoms with Crippen LogP contribution >= 0.6 is 22.9 Å². The molecule has 0 aliphatic rings. The highest BCUT2D eigenvalue weighted by molar-refractivity contribution is 7.09. The molecule has 0 N–H and O–H groups in total. The second-order valence-corrected chi connectivity index (χ2v) is 7.71. The van der Waals surface area contributed by atoms with Gasteiger partial charge in [0.2, 0.25) is 0 Å². The molecule has 0 bridgehead atoms. The number of rotatable bonds is 4. The van der Waals surface area contributed by atoms with Crippen molar-refractivity contribution in [2.24, 2.45) is 0 Å². The van der Waals surface area contributed by atoms with Crippen LogP contribution in [0, 0.1) is 0 Å². The van der Waals surface area contributed by atoms with Crippen LogP contribution in [0.15, 0.2) is 59.1 Å². The molecule has 5 aromatic rings. The Balaban J connectivity index is 1.58. The van der Waals surface area contributed by atoms with Gasteiger partial charge in [0.15, 0.2) is 16.8 Å². The molecule has 0 unspecified atom stereocenters. The van der Waals surface area contributed by atoms with Crippen LogP contribution in [0.2, 0.25) is 5.02 Å². The SMILES string of the molecule is O=c1c2nnc3c(-c4ccc(Cl)cc4)cnn3c2ncn1CCc1cccs1. The first kappa shape index (κ1) is 17.0. The lowest BCUT2D eigenvalue weighted by Gasteiger charge is -2.06. The maximum Gasteiger partial charge on any atom is 0.283 e. The van der Waals surface area contributed by atoms with Crippen molar-refractivity contribution in [2.75, 3.05) is 0 Å². The number of halogens is 1. The van der Waals surface area contributed by atoms with E-state index >= 15 is 0 Å². The molecule has 28 heavy (non-hydrogen) atoms. The Morgan fingerprint density at radius 3 is 2.71 bits per heavy atom. The van der Waals surface area contributed by atoms with E-state index in [1.165, 1.54) is 4.88 Å². The summed E-state index contributed by atoms with van der Waals surface area (Å²) in [6.07, 6.45) is 4.00. The van der Waals surface area contributed by atoms with Gasteiger partial charge in [0.1, 0.15) is 6.33 Å². The van der Waals surface area contributed by atoms with Crippen LogP contribution < -0.4 is 5.56 Å². The van der Waals surface area contributed by atoms with Crippen molar-refractivity contribution in [1.82, 2.24) is 29.4 Å². The van der Waals surface area contributed by atoms with Crippen molar-refractivity contribution < 1.29 is 0 Å². The molecule has 1 aromatic carbocycles. The number of hydrogen-bond acceptors (Lipinski definition) is 6. The summed E-state index contributed by atoms with van der Waals surface area (Å²) in [7, 11) is 0. The van der Waals surface area contributed by atoms with Crippen LogP contribution in [0.5, 0.6) is 0 Å². The Labute approximate surface area is 167 Å². The van der Waals surface area contributed by atoms with E-state index in [1.807, 2.05) is 23.6 Å². The average molecular weight is 409 g/mol. The van der Waals surface area contributed by atoms with Gasteiger partial charge >= 0.3 is 0 Å². The normalized spacial score (nSPS) is 11.5. The molecule has 7 nitrogen and oxygen atoms in total. The predicted molar refractivity (Wildman–Crippen MR) is 109 cm³/mol. The highest BCUT2D eigenvalue weighted by atomic mass is 35.5. The van der Waals surface area contributed by atoms with E-state index in [0.29, 0.717) is 22.9 Å². The number of thiophene rings is 1. The van der Waals surface area contributed by atoms with E-state index < -0.39 is 0 Å². The molecule has 0 saturated carbocycles. The van der Waals surface area contributed by atoms with Crippen molar-refractivity contribution >= 4 is 39.7 Å². The second-order valence-electron chi connectivity index (χ2n) is 6.25. The summed E-state index contributed by atoms with van der Waals surface area (Å²) in [6.45, 7) is 0.539. The van der Waals surface area contributed by atoms with Crippen LogP contribution in [-0.4, -0.2) is 29.4 Å². The maximum absolute atomic E-state index is 12.8. The molecule has 0 spiro atoms. The van der Waals surface area contributed by atoms with Gasteiger partial charge in [0.05, 0.1) is 6.20 Å². The number of nitrogens with zero attached hydrogens (tertiary/aromatic N) is 6. The lowest BCUT2D eigenvalue weighted by atomic mass is 10.1. The summed E-state index contributed by atoms with van der Waals surface area (Å²) >= 11 is 7.63. The Morgan fingerprint density at radius 1 is 1.07 bits per heavy atom. The van der Waals surface area contributed by atoms with Gasteiger partial charge in [-0.1, -0.05) is 29.8 Å². The minimum absolute atomic E-state index is 0.201. The zero-order chi connectivity index (χ0) is 19.1. The molecule has 0 amide bonds. The van der Waals surface area contributed by atoms with Crippen molar-refractivity contribution in [3.8, 4) is 11.1 Å². The van der Waals surface area contributed by atoms with Gasteiger partial charge in [-0.3, -0.25) is 9.36 Å². The third-order valence-corrected chi connectivity index (χ3v) is 5.71. The quantitative estimate of drug-likeness (QED) is 0.455. The summed E-state index contributed by atoms with van der Waals surface area (Å²) in [5.41, 5.74) is 2.62. The van der Waals surface area contributed by atoms with E-state index in [2.05, 4.69) is 26.3 Å². The molecular weight excluding hydrogens is 396 g/mol. The van der Waals surface area contributed by atoms with Gasteiger partial charge in [-0.15, -0.1) is 21.5 Å². The number of aryl methyl sites for hydroxylation is 2. The first-order valence-electron chi connectivity index (χ1n) is 8.58. The number of fused-ring (bicyclic) bond motifs is 3. The van der Waals surface area contributed by atoms with Gasteiger partial charge < -0.3 is 0 Å². The molecular formula is C19H13ClN6OS. The maximum atomic E-state index is 12.8. The van der Waals surface area contributed by atoms with Crippen molar-refractivity contribution in [1.29, 1.82) is 0 Å². The summed E-state index contributed by atoms with van der Waals surface area (Å²) < 4.78 is 3.11. The lowest BCUT2D eigenvalue weighted by Crippen LogP contribution is -2.23. The Morgan fingerprint density at radius 2 is 1.93 bits per heavy atom. The zero-order valence-corrected chi connectivity index (χ0v) is 16.1. The van der Waals surface area contributed by atoms with Crippen LogP contribution in [0.1, 0.15) is 4.88 Å². The van der Waals surface area contributed by atoms with Crippen molar-refractivity contribution in [2.45, 2.75) is 13.0 Å². The molecule has 5 rings (SSSR count). The third-order valence-electron chi connectivity index (χ3n) is 4.52. The minimum atomic E-state index is -0.223. The van der Waals surface area contributed by atoms with E-state index in [0.717, 1.165) is 17.5 Å². The zero-order valence-electron chi connectivity index (χ0n) is 14.5. The van der Waals surface area contributed by atoms with Crippen LogP contribution in [0.3, 0.4) is 0 Å². The lowest BCUT2D eigenvalue weighted by molar-refractivity contribution is 0.662. The molecule has 4 aromatic heterocycles. The molecule has 9 heteroatoms. The molecule has 0 aliphatic carbocycles. The first-order valence-corrected chi connectivity index (χ1v) is 9.84. The van der Waals surface area contributed by atoms with Crippen LogP contribution in [-0.2, 0) is 13.0 Å². The van der Waals surface area contributed by atoms with Crippen molar-refractivity contribution in [3.63, 3.8) is 0 Å². The number of hydrogen-bond donors (Lipinski definition) is 0. The fraction of sp³-hybridized carbons (Fsp3) is 0.105. The van der Waals surface area contributed by atoms with E-state index in [1.54, 1.807) is 45.1 Å². The van der Waals surface area contributed by atoms with Gasteiger partial charge in [0.25, 0.3) is 5.56 Å². The molecule has 0 aliphatic heterocycles. The monoisotopic (exact) mass is 408 g/mol. The molecule has 4 heterocycles. The highest BCUT2D eigenvalue weighted by Crippen LogP contribution is 2.25. The fourth-order valence-electron chi connectivity index (χ4n) is 3.08. The van der Waals surface area contributed by atoms with Gasteiger partial charge in [-0.2, -0.15) is 9.61 Å². The fourth-order valence-corrected chi connectivity index (χ4v) is 3.90. The summed E-state index contributed by atoms with van der Waals surface area (Å²) in [5, 5.41) is 15.5. The second kappa shape index (κ2) is 6.81. The topological polar surface area (TPSA) is 78.0 Å². The molecule has 0 atom stereocenters. The first-order chi connectivity index (χ1) is 13.7. The van der Waals surface area contributed by atoms with E-state index in [9.17, 15) is 4.79 Å². The predicted octanol–water partition coefficient (Wildman–Crippen LogP) is 3.46.